The molecule has 0 fully saturated rings. The fourth-order valence-electron chi connectivity index (χ4n) is 1.16. The highest BCUT2D eigenvalue weighted by atomic mass is 16.6. The van der Waals surface area contributed by atoms with Gasteiger partial charge in [-0.2, -0.15) is 9.97 Å². The topological polar surface area (TPSA) is 96.6 Å². The van der Waals surface area contributed by atoms with Gasteiger partial charge in [0.15, 0.2) is 5.69 Å². The van der Waals surface area contributed by atoms with Crippen molar-refractivity contribution in [1.82, 2.24) is 9.97 Å². The Bertz CT molecular complexity index is 461. The lowest BCUT2D eigenvalue weighted by atomic mass is 10.3. The normalized spacial score (nSPS) is 10.4. The second kappa shape index (κ2) is 6.38. The molecule has 0 aliphatic rings. The third-order valence-corrected chi connectivity index (χ3v) is 1.91. The van der Waals surface area contributed by atoms with Crippen LogP contribution in [-0.2, 0) is 4.74 Å². The van der Waals surface area contributed by atoms with E-state index in [1.54, 1.807) is 6.92 Å². The van der Waals surface area contributed by atoms with E-state index in [4.69, 9.17) is 14.2 Å². The average Bonchev–Trinajstić information content (AvgIpc) is 2.37. The molecule has 0 saturated heterocycles. The Morgan fingerprint density at radius 1 is 1.33 bits per heavy atom. The van der Waals surface area contributed by atoms with Gasteiger partial charge >= 0.3 is 17.6 Å². The number of hydrogen-bond acceptors (Lipinski definition) is 7. The monoisotopic (exact) mass is 255 g/mol. The van der Waals surface area contributed by atoms with Crippen molar-refractivity contribution in [3.8, 4) is 11.9 Å². The molecule has 18 heavy (non-hydrogen) atoms. The van der Waals surface area contributed by atoms with Gasteiger partial charge in [0, 0.05) is 6.08 Å². The van der Waals surface area contributed by atoms with Crippen LogP contribution in [0.3, 0.4) is 0 Å². The standard InChI is InChI=1S/C10H13N3O5/c1-4-18-6-5-7-8(13(14)15)9(16-2)12-10(11-7)17-3/h5-6H,4H2,1-3H3/b6-5-. The molecule has 1 heterocycles. The van der Waals surface area contributed by atoms with Crippen LogP contribution in [0.4, 0.5) is 5.69 Å². The molecule has 0 atom stereocenters. The van der Waals surface area contributed by atoms with Gasteiger partial charge in [0.05, 0.1) is 32.0 Å². The van der Waals surface area contributed by atoms with Crippen LogP contribution in [0.1, 0.15) is 12.6 Å². The Morgan fingerprint density at radius 3 is 2.56 bits per heavy atom. The molecule has 1 rings (SSSR count). The quantitative estimate of drug-likeness (QED) is 0.430. The van der Waals surface area contributed by atoms with Crippen LogP contribution < -0.4 is 9.47 Å². The molecule has 1 aromatic rings. The summed E-state index contributed by atoms with van der Waals surface area (Å²) in [5.74, 6) is -0.164. The predicted octanol–water partition coefficient (Wildman–Crippen LogP) is 1.41. The summed E-state index contributed by atoms with van der Waals surface area (Å²) in [5.41, 5.74) is -0.286. The molecule has 0 spiro atoms. The van der Waals surface area contributed by atoms with Crippen LogP contribution in [0.2, 0.25) is 0 Å². The Morgan fingerprint density at radius 2 is 2.06 bits per heavy atom. The van der Waals surface area contributed by atoms with Gasteiger partial charge in [0.25, 0.3) is 0 Å². The largest absolute Gasteiger partial charge is 0.501 e. The Kier molecular flexibility index (Phi) is 4.85. The van der Waals surface area contributed by atoms with Crippen LogP contribution in [0.15, 0.2) is 6.26 Å². The molecule has 0 aliphatic heterocycles. The third kappa shape index (κ3) is 3.06. The fourth-order valence-corrected chi connectivity index (χ4v) is 1.16. The van der Waals surface area contributed by atoms with Gasteiger partial charge in [-0.15, -0.1) is 0 Å². The summed E-state index contributed by atoms with van der Waals surface area (Å²) in [5, 5.41) is 11.0. The zero-order chi connectivity index (χ0) is 13.5. The van der Waals surface area contributed by atoms with E-state index in [0.29, 0.717) is 6.61 Å². The number of ether oxygens (including phenoxy) is 3. The van der Waals surface area contributed by atoms with Gasteiger partial charge < -0.3 is 14.2 Å². The van der Waals surface area contributed by atoms with Crippen molar-refractivity contribution in [2.45, 2.75) is 6.92 Å². The van der Waals surface area contributed by atoms with Gasteiger partial charge in [-0.25, -0.2) is 0 Å². The van der Waals surface area contributed by atoms with Crippen LogP contribution in [-0.4, -0.2) is 35.7 Å². The number of methoxy groups -OCH3 is 2. The molecule has 0 saturated carbocycles. The minimum absolute atomic E-state index is 0.0198. The van der Waals surface area contributed by atoms with Gasteiger partial charge in [-0.3, -0.25) is 10.1 Å². The summed E-state index contributed by atoms with van der Waals surface area (Å²) >= 11 is 0. The maximum atomic E-state index is 11.0. The molecule has 1 aromatic heterocycles. The van der Waals surface area contributed by atoms with E-state index >= 15 is 0 Å². The first-order chi connectivity index (χ1) is 8.63. The molecule has 0 bridgehead atoms. The van der Waals surface area contributed by atoms with E-state index in [9.17, 15) is 10.1 Å². The van der Waals surface area contributed by atoms with Gasteiger partial charge in [0.2, 0.25) is 0 Å². The zero-order valence-corrected chi connectivity index (χ0v) is 10.2. The summed E-state index contributed by atoms with van der Waals surface area (Å²) in [6, 6.07) is -0.0198. The molecule has 0 N–H and O–H groups in total. The first-order valence-corrected chi connectivity index (χ1v) is 5.06. The van der Waals surface area contributed by atoms with E-state index in [-0.39, 0.29) is 23.3 Å². The number of nitro groups is 1. The maximum absolute atomic E-state index is 11.0. The van der Waals surface area contributed by atoms with E-state index in [1.807, 2.05) is 0 Å². The van der Waals surface area contributed by atoms with E-state index < -0.39 is 4.92 Å². The minimum Gasteiger partial charge on any atom is -0.501 e. The summed E-state index contributed by atoms with van der Waals surface area (Å²) in [6.07, 6.45) is 2.67. The van der Waals surface area contributed by atoms with Gasteiger partial charge in [-0.05, 0) is 6.92 Å². The van der Waals surface area contributed by atoms with Crippen molar-refractivity contribution in [2.24, 2.45) is 0 Å². The molecular formula is C10H13N3O5. The van der Waals surface area contributed by atoms with Crippen LogP contribution in [0.25, 0.3) is 6.08 Å². The van der Waals surface area contributed by atoms with Gasteiger partial charge in [-0.1, -0.05) is 0 Å². The van der Waals surface area contributed by atoms with Crippen molar-refractivity contribution in [3.63, 3.8) is 0 Å². The zero-order valence-electron chi connectivity index (χ0n) is 10.2. The molecular weight excluding hydrogens is 242 g/mol. The van der Waals surface area contributed by atoms with Crippen molar-refractivity contribution in [1.29, 1.82) is 0 Å². The highest BCUT2D eigenvalue weighted by Crippen LogP contribution is 2.30. The van der Waals surface area contributed by atoms with Gasteiger partial charge in [0.1, 0.15) is 0 Å². The van der Waals surface area contributed by atoms with E-state index in [2.05, 4.69) is 9.97 Å². The second-order valence-corrected chi connectivity index (χ2v) is 2.97. The molecule has 0 aromatic carbocycles. The minimum atomic E-state index is -0.621. The molecule has 8 nitrogen and oxygen atoms in total. The summed E-state index contributed by atoms with van der Waals surface area (Å²) < 4.78 is 14.7. The lowest BCUT2D eigenvalue weighted by Crippen LogP contribution is -2.03. The lowest BCUT2D eigenvalue weighted by Gasteiger charge is -2.05. The SMILES string of the molecule is CCO/C=C\c1nc(OC)nc(OC)c1[N+](=O)[O-]. The van der Waals surface area contributed by atoms with Crippen molar-refractivity contribution < 1.29 is 19.1 Å². The Labute approximate surface area is 103 Å². The number of rotatable bonds is 6. The van der Waals surface area contributed by atoms with Crippen molar-refractivity contribution >= 4 is 11.8 Å². The van der Waals surface area contributed by atoms with Crippen molar-refractivity contribution in [2.75, 3.05) is 20.8 Å². The molecule has 0 amide bonds. The van der Waals surface area contributed by atoms with E-state index in [1.165, 1.54) is 26.6 Å². The number of hydrogen-bond donors (Lipinski definition) is 0. The summed E-state index contributed by atoms with van der Waals surface area (Å²) in [4.78, 5) is 18.0. The average molecular weight is 255 g/mol. The fraction of sp³-hybridized carbons (Fsp3) is 0.400. The molecule has 98 valence electrons. The lowest BCUT2D eigenvalue weighted by molar-refractivity contribution is -0.386. The maximum Gasteiger partial charge on any atom is 0.356 e. The van der Waals surface area contributed by atoms with Crippen LogP contribution in [0, 0.1) is 10.1 Å². The first-order valence-electron chi connectivity index (χ1n) is 5.06. The number of nitrogens with zero attached hydrogens (tertiary/aromatic N) is 3. The molecule has 0 radical (unpaired) electrons. The molecule has 0 unspecified atom stereocenters. The third-order valence-electron chi connectivity index (χ3n) is 1.91. The van der Waals surface area contributed by atoms with Crippen molar-refractivity contribution in [3.05, 3.63) is 22.1 Å². The first kappa shape index (κ1) is 13.7. The van der Waals surface area contributed by atoms with E-state index in [0.717, 1.165) is 0 Å². The molecule has 0 aliphatic carbocycles. The predicted molar refractivity (Wildman–Crippen MR) is 62.5 cm³/mol. The van der Waals surface area contributed by atoms with Crippen LogP contribution >= 0.6 is 0 Å². The summed E-state index contributed by atoms with van der Waals surface area (Å²) in [7, 11) is 2.64. The Balaban J connectivity index is 3.30. The summed E-state index contributed by atoms with van der Waals surface area (Å²) in [6.45, 7) is 2.24. The Hall–Kier alpha value is -2.38. The highest BCUT2D eigenvalue weighted by molar-refractivity contribution is 5.61. The van der Waals surface area contributed by atoms with Crippen LogP contribution in [0.5, 0.6) is 11.9 Å². The number of aromatic nitrogens is 2. The second-order valence-electron chi connectivity index (χ2n) is 2.97. The molecule has 8 heteroatoms. The smallest absolute Gasteiger partial charge is 0.356 e. The highest BCUT2D eigenvalue weighted by Gasteiger charge is 2.24.